The largest absolute Gasteiger partial charge is 0.462 e. The summed E-state index contributed by atoms with van der Waals surface area (Å²) in [4.78, 5) is 11.7. The minimum atomic E-state index is -0.337. The van der Waals surface area contributed by atoms with E-state index in [0.29, 0.717) is 12.2 Å². The number of benzene rings is 3. The molecule has 3 aromatic rings. The Kier molecular flexibility index (Phi) is 11.2. The first-order valence-electron chi connectivity index (χ1n) is 13.7. The third kappa shape index (κ3) is 8.43. The van der Waals surface area contributed by atoms with Gasteiger partial charge in [-0.15, -0.1) is 0 Å². The molecule has 0 aliphatic heterocycles. The number of ether oxygens (including phenoxy) is 1. The van der Waals surface area contributed by atoms with Gasteiger partial charge in [-0.1, -0.05) is 87.0 Å². The topological polar surface area (TPSA) is 46.5 Å². The van der Waals surface area contributed by atoms with Gasteiger partial charge in [-0.25, -0.2) is 4.79 Å². The lowest BCUT2D eigenvalue weighted by Gasteiger charge is -2.15. The molecule has 3 nitrogen and oxygen atoms in total. The van der Waals surface area contributed by atoms with Crippen LogP contribution in [0.25, 0.3) is 22.3 Å². The Morgan fingerprint density at radius 1 is 0.811 bits per heavy atom. The smallest absolute Gasteiger partial charge is 0.333 e. The van der Waals surface area contributed by atoms with Gasteiger partial charge in [0, 0.05) is 12.2 Å². The SMILES string of the molecule is C=C(C)C(=O)OCCCc1cc(-c2ccc(-c3ccc(CCCCC)cc3)cc2C)ccc1CCCO. The molecular weight excluding hydrogens is 456 g/mol. The number of hydrogen-bond donors (Lipinski definition) is 1. The number of aliphatic hydroxyl groups is 1. The Balaban J connectivity index is 1.76. The van der Waals surface area contributed by atoms with Gasteiger partial charge < -0.3 is 9.84 Å². The fourth-order valence-electron chi connectivity index (χ4n) is 4.70. The quantitative estimate of drug-likeness (QED) is 0.139. The zero-order valence-corrected chi connectivity index (χ0v) is 22.8. The van der Waals surface area contributed by atoms with Crippen molar-refractivity contribution in [2.45, 2.75) is 72.1 Å². The van der Waals surface area contributed by atoms with E-state index in [0.717, 1.165) is 32.1 Å². The Morgan fingerprint density at radius 2 is 1.51 bits per heavy atom. The van der Waals surface area contributed by atoms with Crippen LogP contribution in [0.2, 0.25) is 0 Å². The van der Waals surface area contributed by atoms with Crippen molar-refractivity contribution in [2.75, 3.05) is 13.2 Å². The summed E-state index contributed by atoms with van der Waals surface area (Å²) in [5, 5.41) is 9.33. The summed E-state index contributed by atoms with van der Waals surface area (Å²) in [7, 11) is 0. The molecule has 3 heteroatoms. The molecule has 0 aliphatic rings. The van der Waals surface area contributed by atoms with E-state index in [2.05, 4.69) is 81.1 Å². The molecule has 1 N–H and O–H groups in total. The van der Waals surface area contributed by atoms with Crippen LogP contribution in [-0.4, -0.2) is 24.3 Å². The van der Waals surface area contributed by atoms with Crippen LogP contribution in [0.4, 0.5) is 0 Å². The molecule has 0 atom stereocenters. The Hall–Kier alpha value is -3.17. The number of aliphatic hydroxyl groups excluding tert-OH is 1. The second-order valence-electron chi connectivity index (χ2n) is 10.0. The summed E-state index contributed by atoms with van der Waals surface area (Å²) in [6, 6.07) is 22.4. The highest BCUT2D eigenvalue weighted by molar-refractivity contribution is 5.86. The molecule has 3 rings (SSSR count). The molecule has 0 aliphatic carbocycles. The summed E-state index contributed by atoms with van der Waals surface area (Å²) >= 11 is 0. The van der Waals surface area contributed by atoms with Crippen molar-refractivity contribution >= 4 is 5.97 Å². The van der Waals surface area contributed by atoms with Gasteiger partial charge in [0.1, 0.15) is 0 Å². The van der Waals surface area contributed by atoms with Crippen LogP contribution in [0.5, 0.6) is 0 Å². The molecule has 0 heterocycles. The van der Waals surface area contributed by atoms with Crippen LogP contribution >= 0.6 is 0 Å². The average Bonchev–Trinajstić information content (AvgIpc) is 2.90. The predicted octanol–water partition coefficient (Wildman–Crippen LogP) is 8.04. The van der Waals surface area contributed by atoms with Gasteiger partial charge in [0.2, 0.25) is 0 Å². The summed E-state index contributed by atoms with van der Waals surface area (Å²) < 4.78 is 5.29. The number of carbonyl (C=O) groups excluding carboxylic acids is 1. The molecule has 3 aromatic carbocycles. The number of hydrogen-bond acceptors (Lipinski definition) is 3. The van der Waals surface area contributed by atoms with Crippen LogP contribution in [0.15, 0.2) is 72.8 Å². The average molecular weight is 499 g/mol. The van der Waals surface area contributed by atoms with Crippen LogP contribution < -0.4 is 0 Å². The fourth-order valence-corrected chi connectivity index (χ4v) is 4.70. The van der Waals surface area contributed by atoms with Gasteiger partial charge in [-0.05, 0) is 96.9 Å². The first-order chi connectivity index (χ1) is 17.9. The summed E-state index contributed by atoms with van der Waals surface area (Å²) in [5.41, 5.74) is 10.5. The fraction of sp³-hybridized carbons (Fsp3) is 0.382. The van der Waals surface area contributed by atoms with E-state index in [1.165, 1.54) is 63.8 Å². The van der Waals surface area contributed by atoms with Crippen molar-refractivity contribution in [2.24, 2.45) is 0 Å². The first-order valence-corrected chi connectivity index (χ1v) is 13.7. The van der Waals surface area contributed by atoms with E-state index in [4.69, 9.17) is 4.74 Å². The zero-order valence-electron chi connectivity index (χ0n) is 22.8. The van der Waals surface area contributed by atoms with E-state index in [-0.39, 0.29) is 12.6 Å². The van der Waals surface area contributed by atoms with E-state index in [9.17, 15) is 9.90 Å². The molecule has 0 saturated carbocycles. The van der Waals surface area contributed by atoms with Gasteiger partial charge in [0.05, 0.1) is 6.61 Å². The van der Waals surface area contributed by atoms with Crippen LogP contribution in [0.1, 0.15) is 68.2 Å². The lowest BCUT2D eigenvalue weighted by molar-refractivity contribution is -0.139. The molecule has 0 unspecified atom stereocenters. The molecule has 0 aromatic heterocycles. The van der Waals surface area contributed by atoms with Crippen LogP contribution in [0, 0.1) is 6.92 Å². The summed E-state index contributed by atoms with van der Waals surface area (Å²) in [6.07, 6.45) is 8.09. The van der Waals surface area contributed by atoms with Crippen LogP contribution in [0.3, 0.4) is 0 Å². The third-order valence-corrected chi connectivity index (χ3v) is 6.88. The van der Waals surface area contributed by atoms with E-state index < -0.39 is 0 Å². The van der Waals surface area contributed by atoms with Crippen molar-refractivity contribution in [1.29, 1.82) is 0 Å². The van der Waals surface area contributed by atoms with Crippen molar-refractivity contribution < 1.29 is 14.6 Å². The maximum Gasteiger partial charge on any atom is 0.333 e. The maximum atomic E-state index is 11.7. The van der Waals surface area contributed by atoms with Gasteiger partial charge in [-0.3, -0.25) is 0 Å². The Bertz CT molecular complexity index is 1170. The predicted molar refractivity (Wildman–Crippen MR) is 155 cm³/mol. The molecule has 0 amide bonds. The van der Waals surface area contributed by atoms with E-state index in [1.54, 1.807) is 6.92 Å². The molecule has 0 radical (unpaired) electrons. The highest BCUT2D eigenvalue weighted by Crippen LogP contribution is 2.31. The maximum absolute atomic E-state index is 11.7. The number of rotatable bonds is 14. The highest BCUT2D eigenvalue weighted by atomic mass is 16.5. The lowest BCUT2D eigenvalue weighted by atomic mass is 9.91. The number of carbonyl (C=O) groups is 1. The van der Waals surface area contributed by atoms with Crippen molar-refractivity contribution in [1.82, 2.24) is 0 Å². The Labute approximate surface area is 223 Å². The normalized spacial score (nSPS) is 10.9. The second kappa shape index (κ2) is 14.5. The minimum absolute atomic E-state index is 0.178. The second-order valence-corrected chi connectivity index (χ2v) is 10.0. The van der Waals surface area contributed by atoms with Crippen molar-refractivity contribution in [3.8, 4) is 22.3 Å². The minimum Gasteiger partial charge on any atom is -0.462 e. The first kappa shape index (κ1) is 28.4. The summed E-state index contributed by atoms with van der Waals surface area (Å²) in [6.45, 7) is 10.3. The molecular formula is C34H42O3. The molecule has 0 saturated heterocycles. The highest BCUT2D eigenvalue weighted by Gasteiger charge is 2.10. The number of aryl methyl sites for hydroxylation is 4. The molecule has 0 fully saturated rings. The monoisotopic (exact) mass is 498 g/mol. The third-order valence-electron chi connectivity index (χ3n) is 6.88. The molecule has 196 valence electrons. The van der Waals surface area contributed by atoms with Gasteiger partial charge in [0.15, 0.2) is 0 Å². The van der Waals surface area contributed by atoms with Crippen molar-refractivity contribution in [3.05, 3.63) is 95.1 Å². The number of unbranched alkanes of at least 4 members (excludes halogenated alkanes) is 2. The van der Waals surface area contributed by atoms with Gasteiger partial charge in [0.25, 0.3) is 0 Å². The van der Waals surface area contributed by atoms with E-state index >= 15 is 0 Å². The summed E-state index contributed by atoms with van der Waals surface area (Å²) in [5.74, 6) is -0.337. The molecule has 0 spiro atoms. The van der Waals surface area contributed by atoms with Crippen LogP contribution in [-0.2, 0) is 28.8 Å². The molecule has 0 bridgehead atoms. The van der Waals surface area contributed by atoms with E-state index in [1.807, 2.05) is 0 Å². The van der Waals surface area contributed by atoms with Gasteiger partial charge in [-0.2, -0.15) is 0 Å². The van der Waals surface area contributed by atoms with Gasteiger partial charge >= 0.3 is 5.97 Å². The number of esters is 1. The van der Waals surface area contributed by atoms with Crippen molar-refractivity contribution in [3.63, 3.8) is 0 Å². The lowest BCUT2D eigenvalue weighted by Crippen LogP contribution is -2.07. The standard InChI is InChI=1S/C34H42O3/c1-5-6-7-10-27-13-15-29(16-14-27)31-19-20-33(26(4)23-31)32-18-17-28(11-8-21-35)30(24-32)12-9-22-37-34(36)25(2)3/h13-20,23-24,35H,2,5-12,21-22H2,1,3-4H3. The zero-order chi connectivity index (χ0) is 26.6. The Morgan fingerprint density at radius 3 is 2.19 bits per heavy atom. The molecule has 37 heavy (non-hydrogen) atoms.